The monoisotopic (exact) mass is 259 g/mol. The molecule has 18 heavy (non-hydrogen) atoms. The van der Waals surface area contributed by atoms with Gasteiger partial charge in [0.05, 0.1) is 0 Å². The largest absolute Gasteiger partial charge is 0.312 e. The number of rotatable bonds is 5. The average Bonchev–Trinajstić information content (AvgIpc) is 2.79. The average molecular weight is 259 g/mol. The second kappa shape index (κ2) is 6.17. The Bertz CT molecular complexity index is 484. The van der Waals surface area contributed by atoms with Gasteiger partial charge >= 0.3 is 0 Å². The van der Waals surface area contributed by atoms with E-state index in [1.807, 2.05) is 11.3 Å². The van der Waals surface area contributed by atoms with Gasteiger partial charge in [-0.2, -0.15) is 0 Å². The van der Waals surface area contributed by atoms with Gasteiger partial charge in [-0.3, -0.25) is 0 Å². The Kier molecular flexibility index (Phi) is 4.56. The lowest BCUT2D eigenvalue weighted by Crippen LogP contribution is -2.16. The van der Waals surface area contributed by atoms with Crippen molar-refractivity contribution >= 4 is 11.3 Å². The lowest BCUT2D eigenvalue weighted by Gasteiger charge is -2.16. The van der Waals surface area contributed by atoms with Crippen molar-refractivity contribution in [3.63, 3.8) is 0 Å². The molecule has 0 fully saturated rings. The molecule has 0 amide bonds. The Labute approximate surface area is 114 Å². The zero-order valence-corrected chi connectivity index (χ0v) is 12.2. The molecule has 0 bridgehead atoms. The normalized spacial score (nSPS) is 12.6. The summed E-state index contributed by atoms with van der Waals surface area (Å²) in [7, 11) is 2.05. The number of benzene rings is 1. The first-order valence-corrected chi connectivity index (χ1v) is 7.35. The molecule has 0 aliphatic carbocycles. The van der Waals surface area contributed by atoms with Gasteiger partial charge in [-0.1, -0.05) is 29.8 Å². The molecule has 2 aromatic rings. The molecule has 0 radical (unpaired) electrons. The highest BCUT2D eigenvalue weighted by molar-refractivity contribution is 7.10. The van der Waals surface area contributed by atoms with Crippen molar-refractivity contribution in [1.82, 2.24) is 5.32 Å². The van der Waals surface area contributed by atoms with E-state index in [1.165, 1.54) is 21.6 Å². The molecule has 2 rings (SSSR count). The fourth-order valence-corrected chi connectivity index (χ4v) is 3.29. The highest BCUT2D eigenvalue weighted by atomic mass is 32.1. The summed E-state index contributed by atoms with van der Waals surface area (Å²) in [4.78, 5) is 1.48. The molecule has 1 aromatic carbocycles. The topological polar surface area (TPSA) is 12.0 Å². The minimum Gasteiger partial charge on any atom is -0.312 e. The van der Waals surface area contributed by atoms with Gasteiger partial charge in [-0.05, 0) is 56.3 Å². The quantitative estimate of drug-likeness (QED) is 0.846. The van der Waals surface area contributed by atoms with Crippen LogP contribution in [0.4, 0.5) is 0 Å². The van der Waals surface area contributed by atoms with Gasteiger partial charge in [0.1, 0.15) is 0 Å². The van der Waals surface area contributed by atoms with Gasteiger partial charge in [-0.25, -0.2) is 0 Å². The molecule has 1 heterocycles. The van der Waals surface area contributed by atoms with Crippen LogP contribution in [0, 0.1) is 13.8 Å². The minimum atomic E-state index is 0.478. The molecule has 1 aromatic heterocycles. The number of hydrogen-bond donors (Lipinski definition) is 1. The highest BCUT2D eigenvalue weighted by Crippen LogP contribution is 2.27. The second-order valence-electron chi connectivity index (χ2n) is 4.83. The predicted molar refractivity (Wildman–Crippen MR) is 80.4 cm³/mol. The van der Waals surface area contributed by atoms with Crippen LogP contribution in [0.2, 0.25) is 0 Å². The maximum absolute atomic E-state index is 3.44. The van der Waals surface area contributed by atoms with Crippen molar-refractivity contribution in [1.29, 1.82) is 0 Å². The summed E-state index contributed by atoms with van der Waals surface area (Å²) in [5, 5.41) is 5.62. The molecule has 1 unspecified atom stereocenters. The van der Waals surface area contributed by atoms with E-state index >= 15 is 0 Å². The van der Waals surface area contributed by atoms with E-state index in [0.29, 0.717) is 6.04 Å². The third-order valence-corrected chi connectivity index (χ3v) is 4.54. The zero-order chi connectivity index (χ0) is 13.0. The van der Waals surface area contributed by atoms with Crippen molar-refractivity contribution in [3.8, 4) is 0 Å². The third-order valence-electron chi connectivity index (χ3n) is 3.41. The molecule has 2 heteroatoms. The fourth-order valence-electron chi connectivity index (χ4n) is 2.21. The lowest BCUT2D eigenvalue weighted by molar-refractivity contribution is 0.555. The van der Waals surface area contributed by atoms with Crippen LogP contribution in [0.1, 0.15) is 34.0 Å². The summed E-state index contributed by atoms with van der Waals surface area (Å²) in [6.45, 7) is 4.33. The maximum Gasteiger partial charge on any atom is 0.0418 e. The minimum absolute atomic E-state index is 0.478. The molecule has 96 valence electrons. The standard InChI is InChI=1S/C16H21NS/c1-12-4-6-14(7-5-12)8-9-15(17-3)16-13(2)10-11-18-16/h4-7,10-11,15,17H,8-9H2,1-3H3. The van der Waals surface area contributed by atoms with Crippen molar-refractivity contribution in [2.24, 2.45) is 0 Å². The van der Waals surface area contributed by atoms with E-state index in [9.17, 15) is 0 Å². The maximum atomic E-state index is 3.44. The SMILES string of the molecule is CNC(CCc1ccc(C)cc1)c1sccc1C. The molecule has 0 spiro atoms. The van der Waals surface area contributed by atoms with Crippen molar-refractivity contribution < 1.29 is 0 Å². The molecule has 1 nitrogen and oxygen atoms in total. The van der Waals surface area contributed by atoms with E-state index in [1.54, 1.807) is 0 Å². The highest BCUT2D eigenvalue weighted by Gasteiger charge is 2.12. The van der Waals surface area contributed by atoms with E-state index < -0.39 is 0 Å². The molecule has 0 saturated heterocycles. The first-order chi connectivity index (χ1) is 8.70. The Balaban J connectivity index is 2.00. The van der Waals surface area contributed by atoms with Crippen LogP contribution < -0.4 is 5.32 Å². The molecule has 1 N–H and O–H groups in total. The number of hydrogen-bond acceptors (Lipinski definition) is 2. The number of aryl methyl sites for hydroxylation is 3. The van der Waals surface area contributed by atoms with Crippen LogP contribution in [0.3, 0.4) is 0 Å². The van der Waals surface area contributed by atoms with Gasteiger partial charge in [0, 0.05) is 10.9 Å². The second-order valence-corrected chi connectivity index (χ2v) is 5.78. The molecule has 0 aliphatic rings. The zero-order valence-electron chi connectivity index (χ0n) is 11.4. The summed E-state index contributed by atoms with van der Waals surface area (Å²) in [6, 6.07) is 11.6. The summed E-state index contributed by atoms with van der Waals surface area (Å²) in [5.41, 5.74) is 4.16. The Morgan fingerprint density at radius 2 is 1.83 bits per heavy atom. The lowest BCUT2D eigenvalue weighted by atomic mass is 10.0. The third kappa shape index (κ3) is 3.21. The van der Waals surface area contributed by atoms with Gasteiger partial charge in [0.2, 0.25) is 0 Å². The van der Waals surface area contributed by atoms with Gasteiger partial charge < -0.3 is 5.32 Å². The van der Waals surface area contributed by atoms with Gasteiger partial charge in [0.15, 0.2) is 0 Å². The van der Waals surface area contributed by atoms with Crippen LogP contribution in [0.15, 0.2) is 35.7 Å². The van der Waals surface area contributed by atoms with E-state index in [0.717, 1.165) is 12.8 Å². The Morgan fingerprint density at radius 1 is 1.11 bits per heavy atom. The molecule has 1 atom stereocenters. The van der Waals surface area contributed by atoms with Crippen molar-refractivity contribution in [2.45, 2.75) is 32.7 Å². The van der Waals surface area contributed by atoms with E-state index in [2.05, 4.69) is 61.9 Å². The number of thiophene rings is 1. The molecule has 0 saturated carbocycles. The number of nitrogens with one attached hydrogen (secondary N) is 1. The van der Waals surface area contributed by atoms with Crippen molar-refractivity contribution in [3.05, 3.63) is 57.3 Å². The summed E-state index contributed by atoms with van der Waals surface area (Å²) in [6.07, 6.45) is 2.28. The van der Waals surface area contributed by atoms with Crippen LogP contribution >= 0.6 is 11.3 Å². The fraction of sp³-hybridized carbons (Fsp3) is 0.375. The van der Waals surface area contributed by atoms with Crippen LogP contribution in [0.25, 0.3) is 0 Å². The smallest absolute Gasteiger partial charge is 0.0418 e. The molecule has 0 aliphatic heterocycles. The summed E-state index contributed by atoms with van der Waals surface area (Å²) in [5.74, 6) is 0. The summed E-state index contributed by atoms with van der Waals surface area (Å²) >= 11 is 1.86. The van der Waals surface area contributed by atoms with Crippen LogP contribution in [-0.2, 0) is 6.42 Å². The first kappa shape index (κ1) is 13.3. The van der Waals surface area contributed by atoms with Gasteiger partial charge in [0.25, 0.3) is 0 Å². The predicted octanol–water partition coefficient (Wildman–Crippen LogP) is 4.26. The molecular formula is C16H21NS. The van der Waals surface area contributed by atoms with Crippen LogP contribution in [0.5, 0.6) is 0 Å². The first-order valence-electron chi connectivity index (χ1n) is 6.47. The van der Waals surface area contributed by atoms with E-state index in [4.69, 9.17) is 0 Å². The summed E-state index contributed by atoms with van der Waals surface area (Å²) < 4.78 is 0. The Hall–Kier alpha value is -1.12. The van der Waals surface area contributed by atoms with Gasteiger partial charge in [-0.15, -0.1) is 11.3 Å². The molecular weight excluding hydrogens is 238 g/mol. The van der Waals surface area contributed by atoms with Crippen LogP contribution in [-0.4, -0.2) is 7.05 Å². The van der Waals surface area contributed by atoms with E-state index in [-0.39, 0.29) is 0 Å². The Morgan fingerprint density at radius 3 is 2.39 bits per heavy atom. The van der Waals surface area contributed by atoms with Crippen molar-refractivity contribution in [2.75, 3.05) is 7.05 Å².